The molecule has 1 aliphatic carbocycles. The Morgan fingerprint density at radius 1 is 1.16 bits per heavy atom. The Balaban J connectivity index is 1.50. The number of ether oxygens (including phenoxy) is 1. The Kier molecular flexibility index (Phi) is 3.93. The molecular formula is C19H16N2O4. The third kappa shape index (κ3) is 3.10. The summed E-state index contributed by atoms with van der Waals surface area (Å²) in [6.45, 7) is -0.136. The van der Waals surface area contributed by atoms with Crippen LogP contribution >= 0.6 is 0 Å². The Labute approximate surface area is 143 Å². The van der Waals surface area contributed by atoms with Crippen LogP contribution in [0.1, 0.15) is 17.5 Å². The van der Waals surface area contributed by atoms with Crippen molar-refractivity contribution in [1.29, 1.82) is 0 Å². The summed E-state index contributed by atoms with van der Waals surface area (Å²) in [5.41, 5.74) is 2.75. The highest BCUT2D eigenvalue weighted by Crippen LogP contribution is 2.29. The van der Waals surface area contributed by atoms with Crippen molar-refractivity contribution in [2.45, 2.75) is 19.3 Å². The van der Waals surface area contributed by atoms with Gasteiger partial charge in [-0.05, 0) is 49.1 Å². The first-order valence-corrected chi connectivity index (χ1v) is 8.12. The van der Waals surface area contributed by atoms with Crippen molar-refractivity contribution in [2.24, 2.45) is 0 Å². The van der Waals surface area contributed by atoms with Gasteiger partial charge >= 0.3 is 5.63 Å². The number of hydrogen-bond acceptors (Lipinski definition) is 5. The van der Waals surface area contributed by atoms with E-state index in [2.05, 4.69) is 10.3 Å². The minimum Gasteiger partial charge on any atom is -0.484 e. The number of amides is 1. The first-order chi connectivity index (χ1) is 12.2. The van der Waals surface area contributed by atoms with Crippen LogP contribution in [0.2, 0.25) is 0 Å². The van der Waals surface area contributed by atoms with E-state index in [-0.39, 0.29) is 18.1 Å². The fraction of sp³-hybridized carbons (Fsp3) is 0.211. The van der Waals surface area contributed by atoms with Crippen LogP contribution in [0, 0.1) is 0 Å². The molecule has 1 aromatic carbocycles. The van der Waals surface area contributed by atoms with Gasteiger partial charge in [0, 0.05) is 35.1 Å². The lowest BCUT2D eigenvalue weighted by Crippen LogP contribution is -2.20. The number of rotatable bonds is 4. The van der Waals surface area contributed by atoms with Gasteiger partial charge in [-0.1, -0.05) is 0 Å². The molecular weight excluding hydrogens is 320 g/mol. The van der Waals surface area contributed by atoms with Crippen LogP contribution in [-0.2, 0) is 17.6 Å². The minimum absolute atomic E-state index is 0.136. The number of aryl methyl sites for hydroxylation is 1. The fourth-order valence-electron chi connectivity index (χ4n) is 3.14. The summed E-state index contributed by atoms with van der Waals surface area (Å²) in [6.07, 6.45) is 5.85. The average molecular weight is 336 g/mol. The Hall–Kier alpha value is -3.15. The van der Waals surface area contributed by atoms with Crippen LogP contribution in [0.4, 0.5) is 5.69 Å². The first kappa shape index (κ1) is 15.4. The maximum absolute atomic E-state index is 12.0. The summed E-state index contributed by atoms with van der Waals surface area (Å²) >= 11 is 0. The molecule has 3 aromatic rings. The molecule has 1 N–H and O–H groups in total. The fourth-order valence-corrected chi connectivity index (χ4v) is 3.14. The van der Waals surface area contributed by atoms with Crippen LogP contribution in [-0.4, -0.2) is 17.5 Å². The molecule has 4 rings (SSSR count). The van der Waals surface area contributed by atoms with Gasteiger partial charge in [-0.2, -0.15) is 0 Å². The third-order valence-electron chi connectivity index (χ3n) is 4.28. The van der Waals surface area contributed by atoms with Gasteiger partial charge in [0.05, 0.1) is 0 Å². The summed E-state index contributed by atoms with van der Waals surface area (Å²) in [4.78, 5) is 27.8. The van der Waals surface area contributed by atoms with E-state index in [1.807, 2.05) is 6.07 Å². The zero-order valence-corrected chi connectivity index (χ0v) is 13.5. The van der Waals surface area contributed by atoms with Crippen LogP contribution in [0.5, 0.6) is 5.75 Å². The van der Waals surface area contributed by atoms with E-state index in [0.717, 1.165) is 35.8 Å². The monoisotopic (exact) mass is 336 g/mol. The summed E-state index contributed by atoms with van der Waals surface area (Å²) in [7, 11) is 0. The Morgan fingerprint density at radius 3 is 2.80 bits per heavy atom. The van der Waals surface area contributed by atoms with E-state index in [1.54, 1.807) is 36.7 Å². The molecule has 1 aliphatic rings. The first-order valence-electron chi connectivity index (χ1n) is 8.12. The van der Waals surface area contributed by atoms with Gasteiger partial charge in [0.15, 0.2) is 6.61 Å². The highest BCUT2D eigenvalue weighted by Gasteiger charge is 2.19. The average Bonchev–Trinajstić information content (AvgIpc) is 3.11. The Bertz CT molecular complexity index is 995. The molecule has 0 atom stereocenters. The van der Waals surface area contributed by atoms with Crippen molar-refractivity contribution in [3.8, 4) is 5.75 Å². The molecule has 2 heterocycles. The molecule has 0 saturated carbocycles. The molecule has 0 fully saturated rings. The van der Waals surface area contributed by atoms with E-state index in [9.17, 15) is 9.59 Å². The standard InChI is InChI=1S/C19H16N2O4/c22-18(21-12-6-8-20-9-7-12)11-24-13-4-5-15-14-2-1-3-16(14)19(23)25-17(15)10-13/h4-10H,1-3,11H2,(H,20,21,22). The van der Waals surface area contributed by atoms with Gasteiger partial charge in [0.2, 0.25) is 0 Å². The summed E-state index contributed by atoms with van der Waals surface area (Å²) in [5.74, 6) is 0.208. The van der Waals surface area contributed by atoms with Gasteiger partial charge < -0.3 is 14.5 Å². The van der Waals surface area contributed by atoms with Gasteiger partial charge in [-0.3, -0.25) is 9.78 Å². The predicted octanol–water partition coefficient (Wildman–Crippen LogP) is 2.69. The second-order valence-corrected chi connectivity index (χ2v) is 5.93. The number of nitrogens with zero attached hydrogens (tertiary/aromatic N) is 1. The van der Waals surface area contributed by atoms with Crippen molar-refractivity contribution in [3.63, 3.8) is 0 Å². The summed E-state index contributed by atoms with van der Waals surface area (Å²) in [6, 6.07) is 8.74. The van der Waals surface area contributed by atoms with Crippen molar-refractivity contribution in [2.75, 3.05) is 11.9 Å². The summed E-state index contributed by atoms with van der Waals surface area (Å²) in [5, 5.41) is 3.66. The van der Waals surface area contributed by atoms with Crippen molar-refractivity contribution < 1.29 is 13.9 Å². The quantitative estimate of drug-likeness (QED) is 0.741. The zero-order chi connectivity index (χ0) is 17.2. The van der Waals surface area contributed by atoms with E-state index in [4.69, 9.17) is 9.15 Å². The second kappa shape index (κ2) is 6.39. The topological polar surface area (TPSA) is 81.4 Å². The largest absolute Gasteiger partial charge is 0.484 e. The molecule has 0 spiro atoms. The van der Waals surface area contributed by atoms with E-state index < -0.39 is 0 Å². The molecule has 0 bridgehead atoms. The number of nitrogens with one attached hydrogen (secondary N) is 1. The van der Waals surface area contributed by atoms with Crippen molar-refractivity contribution >= 4 is 22.6 Å². The number of benzene rings is 1. The molecule has 25 heavy (non-hydrogen) atoms. The molecule has 1 amide bonds. The van der Waals surface area contributed by atoms with Crippen LogP contribution < -0.4 is 15.7 Å². The van der Waals surface area contributed by atoms with Gasteiger partial charge in [-0.15, -0.1) is 0 Å². The maximum Gasteiger partial charge on any atom is 0.339 e. The third-order valence-corrected chi connectivity index (χ3v) is 4.28. The highest BCUT2D eigenvalue weighted by molar-refractivity contribution is 5.91. The summed E-state index contributed by atoms with van der Waals surface area (Å²) < 4.78 is 10.9. The number of fused-ring (bicyclic) bond motifs is 3. The highest BCUT2D eigenvalue weighted by atomic mass is 16.5. The molecule has 6 nitrogen and oxygen atoms in total. The molecule has 0 aliphatic heterocycles. The lowest BCUT2D eigenvalue weighted by Gasteiger charge is -2.09. The van der Waals surface area contributed by atoms with Gasteiger partial charge in [0.25, 0.3) is 5.91 Å². The molecule has 0 unspecified atom stereocenters. The zero-order valence-electron chi connectivity index (χ0n) is 13.5. The van der Waals surface area contributed by atoms with Crippen LogP contribution in [0.3, 0.4) is 0 Å². The van der Waals surface area contributed by atoms with Crippen molar-refractivity contribution in [3.05, 3.63) is 64.3 Å². The number of pyridine rings is 1. The molecule has 126 valence electrons. The Morgan fingerprint density at radius 2 is 1.96 bits per heavy atom. The maximum atomic E-state index is 12.0. The van der Waals surface area contributed by atoms with E-state index in [1.165, 1.54) is 0 Å². The smallest absolute Gasteiger partial charge is 0.339 e. The predicted molar refractivity (Wildman–Crippen MR) is 92.9 cm³/mol. The number of hydrogen-bond donors (Lipinski definition) is 1. The van der Waals surface area contributed by atoms with E-state index in [0.29, 0.717) is 17.0 Å². The lowest BCUT2D eigenvalue weighted by atomic mass is 10.1. The lowest BCUT2D eigenvalue weighted by molar-refractivity contribution is -0.118. The van der Waals surface area contributed by atoms with Gasteiger partial charge in [-0.25, -0.2) is 4.79 Å². The number of aromatic nitrogens is 1. The molecule has 0 radical (unpaired) electrons. The molecule has 6 heteroatoms. The van der Waals surface area contributed by atoms with Gasteiger partial charge in [0.1, 0.15) is 11.3 Å². The SMILES string of the molecule is O=C(COc1ccc2c3c(c(=O)oc2c1)CCC3)Nc1ccncc1. The van der Waals surface area contributed by atoms with E-state index >= 15 is 0 Å². The number of carbonyl (C=O) groups excluding carboxylic acids is 1. The molecule has 2 aromatic heterocycles. The normalized spacial score (nSPS) is 12.8. The van der Waals surface area contributed by atoms with Crippen LogP contribution in [0.25, 0.3) is 11.0 Å². The minimum atomic E-state index is -0.276. The van der Waals surface area contributed by atoms with Crippen molar-refractivity contribution in [1.82, 2.24) is 4.98 Å². The van der Waals surface area contributed by atoms with Crippen LogP contribution in [0.15, 0.2) is 51.9 Å². The number of carbonyl (C=O) groups is 1. The molecule has 0 saturated heterocycles. The number of anilines is 1. The second-order valence-electron chi connectivity index (χ2n) is 5.93.